The van der Waals surface area contributed by atoms with Crippen LogP contribution in [0.4, 0.5) is 11.8 Å². The minimum absolute atomic E-state index is 0.201. The quantitative estimate of drug-likeness (QED) is 0.522. The van der Waals surface area contributed by atoms with Crippen molar-refractivity contribution >= 4 is 11.8 Å². The van der Waals surface area contributed by atoms with E-state index in [2.05, 4.69) is 29.6 Å². The number of phenols is 1. The van der Waals surface area contributed by atoms with E-state index in [1.165, 1.54) is 36.9 Å². The Morgan fingerprint density at radius 2 is 1.88 bits per heavy atom. The van der Waals surface area contributed by atoms with Crippen molar-refractivity contribution < 1.29 is 9.84 Å². The molecule has 0 amide bonds. The number of nitrogens with zero attached hydrogens (tertiary/aromatic N) is 3. The molecule has 7 nitrogen and oxygen atoms in total. The van der Waals surface area contributed by atoms with E-state index in [0.717, 1.165) is 56.1 Å². The third kappa shape index (κ3) is 6.08. The Balaban J connectivity index is 1.25. The summed E-state index contributed by atoms with van der Waals surface area (Å²) in [7, 11) is 4.16. The fourth-order valence-corrected chi connectivity index (χ4v) is 5.06. The van der Waals surface area contributed by atoms with E-state index in [-0.39, 0.29) is 5.75 Å². The van der Waals surface area contributed by atoms with Crippen LogP contribution >= 0.6 is 0 Å². The first-order chi connectivity index (χ1) is 16.0. The monoisotopic (exact) mass is 453 g/mol. The second-order valence-corrected chi connectivity index (χ2v) is 9.63. The van der Waals surface area contributed by atoms with E-state index < -0.39 is 0 Å². The molecule has 3 N–H and O–H groups in total. The molecule has 0 bridgehead atoms. The highest BCUT2D eigenvalue weighted by molar-refractivity contribution is 5.53. The fraction of sp³-hybridized carbons (Fsp3) is 0.615. The number of nitrogens with one attached hydrogen (secondary N) is 2. The van der Waals surface area contributed by atoms with Crippen LogP contribution in [0, 0.1) is 5.92 Å². The summed E-state index contributed by atoms with van der Waals surface area (Å²) in [6.45, 7) is 4.27. The number of hydrogen-bond donors (Lipinski definition) is 3. The predicted octanol–water partition coefficient (Wildman–Crippen LogP) is 4.29. The molecule has 0 aliphatic heterocycles. The molecular formula is C26H39N5O2. The fourth-order valence-electron chi connectivity index (χ4n) is 5.06. The Labute approximate surface area is 198 Å². The third-order valence-electron chi connectivity index (χ3n) is 6.85. The molecule has 1 saturated carbocycles. The number of aromatic nitrogens is 2. The summed E-state index contributed by atoms with van der Waals surface area (Å²) in [6.07, 6.45) is 9.34. The first kappa shape index (κ1) is 23.6. The molecule has 0 spiro atoms. The first-order valence-corrected chi connectivity index (χ1v) is 12.5. The lowest BCUT2D eigenvalue weighted by molar-refractivity contribution is 0.316. The molecule has 0 atom stereocenters. The molecule has 0 unspecified atom stereocenters. The van der Waals surface area contributed by atoms with Gasteiger partial charge in [0.15, 0.2) is 11.5 Å². The van der Waals surface area contributed by atoms with Gasteiger partial charge in [0.1, 0.15) is 5.82 Å². The average Bonchev–Trinajstić information content (AvgIpc) is 2.82. The van der Waals surface area contributed by atoms with Crippen molar-refractivity contribution in [1.82, 2.24) is 15.3 Å². The summed E-state index contributed by atoms with van der Waals surface area (Å²) in [5.41, 5.74) is 3.71. The molecular weight excluding hydrogens is 414 g/mol. The van der Waals surface area contributed by atoms with Gasteiger partial charge in [0.05, 0.1) is 12.3 Å². The number of hydrogen-bond acceptors (Lipinski definition) is 7. The van der Waals surface area contributed by atoms with Crippen LogP contribution in [0.25, 0.3) is 0 Å². The van der Waals surface area contributed by atoms with Gasteiger partial charge in [-0.3, -0.25) is 0 Å². The zero-order valence-electron chi connectivity index (χ0n) is 20.4. The topological polar surface area (TPSA) is 82.5 Å². The first-order valence-electron chi connectivity index (χ1n) is 12.5. The summed E-state index contributed by atoms with van der Waals surface area (Å²) in [4.78, 5) is 11.9. The third-order valence-corrected chi connectivity index (χ3v) is 6.85. The lowest BCUT2D eigenvalue weighted by Crippen LogP contribution is -2.32. The Bertz CT molecular complexity index is 925. The van der Waals surface area contributed by atoms with E-state index in [9.17, 15) is 5.11 Å². The van der Waals surface area contributed by atoms with Gasteiger partial charge < -0.3 is 25.4 Å². The average molecular weight is 454 g/mol. The van der Waals surface area contributed by atoms with Gasteiger partial charge in [0.25, 0.3) is 0 Å². The second-order valence-electron chi connectivity index (χ2n) is 9.63. The number of aromatic hydroxyl groups is 1. The smallest absolute Gasteiger partial charge is 0.225 e. The van der Waals surface area contributed by atoms with Crippen LogP contribution in [0.1, 0.15) is 62.3 Å². The lowest BCUT2D eigenvalue weighted by atomic mass is 9.86. The molecule has 2 aliphatic carbocycles. The minimum Gasteiger partial charge on any atom is -0.504 e. The van der Waals surface area contributed by atoms with Gasteiger partial charge in [-0.15, -0.1) is 0 Å². The highest BCUT2D eigenvalue weighted by atomic mass is 16.5. The molecule has 1 fully saturated rings. The van der Waals surface area contributed by atoms with Crippen LogP contribution < -0.4 is 20.3 Å². The predicted molar refractivity (Wildman–Crippen MR) is 133 cm³/mol. The van der Waals surface area contributed by atoms with Crippen LogP contribution in [-0.2, 0) is 19.4 Å². The maximum atomic E-state index is 9.86. The summed E-state index contributed by atoms with van der Waals surface area (Å²) in [5, 5.41) is 17.1. The van der Waals surface area contributed by atoms with Crippen molar-refractivity contribution in [3.8, 4) is 11.5 Å². The Morgan fingerprint density at radius 1 is 1.09 bits per heavy atom. The summed E-state index contributed by atoms with van der Waals surface area (Å²) in [6, 6.07) is 6.03. The molecule has 1 aromatic heterocycles. The molecule has 2 aliphatic rings. The van der Waals surface area contributed by atoms with Crippen molar-refractivity contribution in [2.45, 2.75) is 70.9 Å². The van der Waals surface area contributed by atoms with Gasteiger partial charge in [-0.2, -0.15) is 4.98 Å². The van der Waals surface area contributed by atoms with E-state index in [1.807, 2.05) is 19.1 Å². The number of anilines is 2. The van der Waals surface area contributed by atoms with Crippen LogP contribution in [0.5, 0.6) is 11.5 Å². The van der Waals surface area contributed by atoms with Gasteiger partial charge in [-0.05, 0) is 88.4 Å². The number of benzene rings is 1. The van der Waals surface area contributed by atoms with Crippen molar-refractivity contribution in [3.05, 3.63) is 35.0 Å². The van der Waals surface area contributed by atoms with E-state index in [1.54, 1.807) is 6.07 Å². The van der Waals surface area contributed by atoms with Crippen molar-refractivity contribution in [3.63, 3.8) is 0 Å². The number of aryl methyl sites for hydroxylation is 1. The van der Waals surface area contributed by atoms with Gasteiger partial charge in [-0.1, -0.05) is 6.07 Å². The lowest BCUT2D eigenvalue weighted by Gasteiger charge is -2.30. The number of rotatable bonds is 9. The molecule has 1 heterocycles. The van der Waals surface area contributed by atoms with Gasteiger partial charge >= 0.3 is 0 Å². The Kier molecular flexibility index (Phi) is 7.91. The Morgan fingerprint density at radius 3 is 2.64 bits per heavy atom. The summed E-state index contributed by atoms with van der Waals surface area (Å²) < 4.78 is 5.49. The van der Waals surface area contributed by atoms with Crippen molar-refractivity contribution in [2.75, 3.05) is 37.5 Å². The van der Waals surface area contributed by atoms with Crippen LogP contribution in [-0.4, -0.2) is 48.4 Å². The van der Waals surface area contributed by atoms with Crippen LogP contribution in [0.15, 0.2) is 18.2 Å². The van der Waals surface area contributed by atoms with Gasteiger partial charge in [0.2, 0.25) is 5.95 Å². The molecule has 2 aromatic rings. The zero-order valence-corrected chi connectivity index (χ0v) is 20.4. The van der Waals surface area contributed by atoms with Gasteiger partial charge in [0, 0.05) is 32.2 Å². The number of phenolic OH excluding ortho intramolecular Hbond substituents is 1. The molecule has 7 heteroatoms. The maximum Gasteiger partial charge on any atom is 0.225 e. The van der Waals surface area contributed by atoms with Crippen molar-refractivity contribution in [1.29, 1.82) is 0 Å². The minimum atomic E-state index is 0.201. The van der Waals surface area contributed by atoms with Gasteiger partial charge in [-0.25, -0.2) is 4.98 Å². The van der Waals surface area contributed by atoms with E-state index in [0.29, 0.717) is 24.3 Å². The molecule has 0 radical (unpaired) electrons. The zero-order chi connectivity index (χ0) is 23.2. The molecule has 180 valence electrons. The Hall–Kier alpha value is -2.54. The molecule has 4 rings (SSSR count). The highest BCUT2D eigenvalue weighted by Gasteiger charge is 2.24. The van der Waals surface area contributed by atoms with Crippen LogP contribution in [0.2, 0.25) is 0 Å². The standard InChI is InChI=1S/C26H39N5O2/c1-4-33-24-15-19(11-14-23(24)32)17-27-16-18-9-12-20(13-10-18)28-26-29-22-8-6-5-7-21(22)25(30-26)31(2)3/h11,14-15,18,20,27,32H,4-10,12-13,16-17H2,1-3H3,(H,28,29,30). The highest BCUT2D eigenvalue weighted by Crippen LogP contribution is 2.31. The second kappa shape index (κ2) is 11.1. The van der Waals surface area contributed by atoms with Crippen LogP contribution in [0.3, 0.4) is 0 Å². The largest absolute Gasteiger partial charge is 0.504 e. The summed E-state index contributed by atoms with van der Waals surface area (Å²) >= 11 is 0. The number of ether oxygens (including phenoxy) is 1. The summed E-state index contributed by atoms with van der Waals surface area (Å²) in [5.74, 6) is 3.34. The van der Waals surface area contributed by atoms with E-state index >= 15 is 0 Å². The molecule has 1 aromatic carbocycles. The normalized spacial score (nSPS) is 20.2. The van der Waals surface area contributed by atoms with E-state index in [4.69, 9.17) is 14.7 Å². The SMILES string of the molecule is CCOc1cc(CNCC2CCC(Nc3nc4c(c(N(C)C)n3)CCCC4)CC2)ccc1O. The molecule has 33 heavy (non-hydrogen) atoms. The number of fused-ring (bicyclic) bond motifs is 1. The van der Waals surface area contributed by atoms with Crippen molar-refractivity contribution in [2.24, 2.45) is 5.92 Å². The maximum absolute atomic E-state index is 9.86. The molecule has 0 saturated heterocycles.